The van der Waals surface area contributed by atoms with Gasteiger partial charge in [-0.25, -0.2) is 4.79 Å². The number of carbonyl (C=O) groups excluding carboxylic acids is 2. The van der Waals surface area contributed by atoms with Crippen molar-refractivity contribution in [2.24, 2.45) is 5.41 Å². The van der Waals surface area contributed by atoms with E-state index in [1.807, 2.05) is 0 Å². The Balaban J connectivity index is 2.32. The van der Waals surface area contributed by atoms with Gasteiger partial charge in [0.05, 0.1) is 0 Å². The molecule has 2 rings (SSSR count). The molecule has 0 aliphatic carbocycles. The van der Waals surface area contributed by atoms with E-state index in [4.69, 9.17) is 11.3 Å². The summed E-state index contributed by atoms with van der Waals surface area (Å²) in [5.41, 5.74) is -0.797. The van der Waals surface area contributed by atoms with E-state index >= 15 is 0 Å². The first-order chi connectivity index (χ1) is 11.4. The van der Waals surface area contributed by atoms with Crippen molar-refractivity contribution in [2.45, 2.75) is 53.7 Å². The van der Waals surface area contributed by atoms with Crippen LogP contribution in [0.25, 0.3) is 15.2 Å². The van der Waals surface area contributed by atoms with Crippen molar-refractivity contribution < 1.29 is 14.3 Å². The fraction of sp³-hybridized carbons (Fsp3) is 0.562. The van der Waals surface area contributed by atoms with Gasteiger partial charge in [-0.15, -0.1) is 11.3 Å². The number of carbonyl (C=O) groups is 2. The second-order valence-electron chi connectivity index (χ2n) is 7.56. The Bertz CT molecular complexity index is 861. The summed E-state index contributed by atoms with van der Waals surface area (Å²) in [6.45, 7) is 17.8. The topological polar surface area (TPSA) is 90.5 Å². The van der Waals surface area contributed by atoms with Crippen LogP contribution in [0.2, 0.25) is 0 Å². The second kappa shape index (κ2) is 6.44. The quantitative estimate of drug-likeness (QED) is 0.667. The first-order valence-electron chi connectivity index (χ1n) is 7.69. The normalized spacial score (nSPS) is 12.0. The highest BCUT2D eigenvalue weighted by Gasteiger charge is 2.26. The summed E-state index contributed by atoms with van der Waals surface area (Å²) in [7, 11) is 0. The Morgan fingerprint density at radius 2 is 1.92 bits per heavy atom. The fourth-order valence-electron chi connectivity index (χ4n) is 1.86. The Morgan fingerprint density at radius 1 is 1.28 bits per heavy atom. The lowest BCUT2D eigenvalue weighted by atomic mass is 9.96. The highest BCUT2D eigenvalue weighted by atomic mass is 32.1. The molecular formula is C16H21N5O3S. The van der Waals surface area contributed by atoms with E-state index < -0.39 is 17.0 Å². The third-order valence-electron chi connectivity index (χ3n) is 2.98. The van der Waals surface area contributed by atoms with Crippen molar-refractivity contribution in [2.75, 3.05) is 5.32 Å². The Hall–Kier alpha value is -2.47. The van der Waals surface area contributed by atoms with Gasteiger partial charge in [-0.2, -0.15) is 9.67 Å². The Morgan fingerprint density at radius 3 is 2.44 bits per heavy atom. The number of nitrogens with zero attached hydrogens (tertiary/aromatic N) is 4. The molecule has 2 aromatic heterocycles. The molecule has 0 fully saturated rings. The van der Waals surface area contributed by atoms with Gasteiger partial charge in [-0.3, -0.25) is 4.79 Å². The van der Waals surface area contributed by atoms with Gasteiger partial charge in [0.15, 0.2) is 17.3 Å². The highest BCUT2D eigenvalue weighted by Crippen LogP contribution is 2.34. The predicted molar refractivity (Wildman–Crippen MR) is 95.6 cm³/mol. The van der Waals surface area contributed by atoms with Gasteiger partial charge in [0.2, 0.25) is 5.91 Å². The molecule has 0 saturated heterocycles. The average Bonchev–Trinajstić information content (AvgIpc) is 2.95. The van der Waals surface area contributed by atoms with Crippen LogP contribution in [0.3, 0.4) is 0 Å². The molecule has 0 atom stereocenters. The Labute approximate surface area is 150 Å². The second-order valence-corrected chi connectivity index (χ2v) is 8.55. The third kappa shape index (κ3) is 4.54. The minimum Gasteiger partial charge on any atom is -0.459 e. The van der Waals surface area contributed by atoms with Crippen LogP contribution >= 0.6 is 11.3 Å². The number of thiazole rings is 1. The third-order valence-corrected chi connectivity index (χ3v) is 3.93. The summed E-state index contributed by atoms with van der Waals surface area (Å²) in [5.74, 6) is -0.506. The van der Waals surface area contributed by atoms with Gasteiger partial charge in [-0.05, 0) is 25.9 Å². The maximum absolute atomic E-state index is 12.1. The summed E-state index contributed by atoms with van der Waals surface area (Å²) in [5, 5.41) is 7.21. The van der Waals surface area contributed by atoms with Crippen molar-refractivity contribution in [1.29, 1.82) is 0 Å². The van der Waals surface area contributed by atoms with Crippen molar-refractivity contribution >= 4 is 44.5 Å². The molecule has 0 unspecified atom stereocenters. The zero-order valence-electron chi connectivity index (χ0n) is 15.1. The van der Waals surface area contributed by atoms with E-state index in [1.165, 1.54) is 4.68 Å². The van der Waals surface area contributed by atoms with E-state index in [0.29, 0.717) is 15.5 Å². The molecule has 8 nitrogen and oxygen atoms in total. The summed E-state index contributed by atoms with van der Waals surface area (Å²) in [6.07, 6.45) is 0. The maximum Gasteiger partial charge on any atom is 0.330 e. The van der Waals surface area contributed by atoms with E-state index in [2.05, 4.69) is 20.2 Å². The molecule has 9 heteroatoms. The zero-order valence-corrected chi connectivity index (χ0v) is 15.9. The summed E-state index contributed by atoms with van der Waals surface area (Å²) >= 11 is 1.16. The fourth-order valence-corrected chi connectivity index (χ4v) is 2.75. The lowest BCUT2D eigenvalue weighted by Crippen LogP contribution is -2.27. The number of esters is 1. The maximum atomic E-state index is 12.1. The molecule has 1 amide bonds. The van der Waals surface area contributed by atoms with Gasteiger partial charge < -0.3 is 14.9 Å². The first kappa shape index (κ1) is 18.9. The number of aromatic nitrogens is 3. The lowest BCUT2D eigenvalue weighted by Gasteiger charge is -2.18. The molecule has 25 heavy (non-hydrogen) atoms. The van der Waals surface area contributed by atoms with Crippen molar-refractivity contribution in [3.05, 3.63) is 11.4 Å². The number of rotatable bonds is 3. The van der Waals surface area contributed by atoms with Crippen LogP contribution in [0, 0.1) is 12.0 Å². The molecule has 0 aromatic carbocycles. The van der Waals surface area contributed by atoms with Gasteiger partial charge in [0, 0.05) is 5.41 Å². The van der Waals surface area contributed by atoms with Gasteiger partial charge in [-0.1, -0.05) is 27.3 Å². The van der Waals surface area contributed by atoms with E-state index in [1.54, 1.807) is 41.5 Å². The molecule has 0 aliphatic heterocycles. The number of nitrogens with one attached hydrogen (secondary N) is 1. The minimum atomic E-state index is -0.611. The largest absolute Gasteiger partial charge is 0.459 e. The van der Waals surface area contributed by atoms with Gasteiger partial charge in [0.25, 0.3) is 0 Å². The van der Waals surface area contributed by atoms with E-state index in [9.17, 15) is 9.59 Å². The molecule has 2 aromatic rings. The number of hydrogen-bond donors (Lipinski definition) is 1. The van der Waals surface area contributed by atoms with Crippen LogP contribution in [0.15, 0.2) is 0 Å². The van der Waals surface area contributed by atoms with Crippen molar-refractivity contribution in [3.8, 4) is 0 Å². The van der Waals surface area contributed by atoms with Crippen LogP contribution in [-0.4, -0.2) is 32.2 Å². The lowest BCUT2D eigenvalue weighted by molar-refractivity contribution is -0.155. The van der Waals surface area contributed by atoms with E-state index in [0.717, 1.165) is 11.3 Å². The van der Waals surface area contributed by atoms with Crippen LogP contribution in [0.1, 0.15) is 41.5 Å². The average molecular weight is 363 g/mol. The molecule has 0 radical (unpaired) electrons. The number of hydrogen-bond acceptors (Lipinski definition) is 6. The Kier molecular flexibility index (Phi) is 4.86. The SMILES string of the molecule is [C-]#[N+]c1nn(CC(=O)OC(C)(C)C)c2nc(NC(=O)C(C)(C)C)sc12. The van der Waals surface area contributed by atoms with Crippen molar-refractivity contribution in [1.82, 2.24) is 14.8 Å². The van der Waals surface area contributed by atoms with Crippen LogP contribution in [-0.2, 0) is 20.9 Å². The predicted octanol–water partition coefficient (Wildman–Crippen LogP) is 3.37. The molecule has 2 heterocycles. The smallest absolute Gasteiger partial charge is 0.330 e. The standard InChI is InChI=1S/C16H21N5O3S/c1-15(2,3)13(23)19-14-18-12-10(25-14)11(17-7)20-21(12)8-9(22)24-16(4,5)6/h8H2,1-6H3,(H,18,19,23). The molecule has 0 bridgehead atoms. The molecule has 134 valence electrons. The summed E-state index contributed by atoms with van der Waals surface area (Å²) in [4.78, 5) is 31.8. The number of fused-ring (bicyclic) bond motifs is 1. The van der Waals surface area contributed by atoms with Gasteiger partial charge in [0.1, 0.15) is 10.3 Å². The monoisotopic (exact) mass is 363 g/mol. The molecule has 0 spiro atoms. The number of anilines is 1. The molecule has 0 aliphatic rings. The summed E-state index contributed by atoms with van der Waals surface area (Å²) < 4.78 is 7.14. The molecular weight excluding hydrogens is 342 g/mol. The summed E-state index contributed by atoms with van der Waals surface area (Å²) in [6, 6.07) is 0. The number of ether oxygens (including phenoxy) is 1. The molecule has 0 saturated carbocycles. The highest BCUT2D eigenvalue weighted by molar-refractivity contribution is 7.22. The minimum absolute atomic E-state index is 0.146. The van der Waals surface area contributed by atoms with Crippen LogP contribution in [0.5, 0.6) is 0 Å². The van der Waals surface area contributed by atoms with Crippen molar-refractivity contribution in [3.63, 3.8) is 0 Å². The zero-order chi connectivity index (χ0) is 19.0. The number of amides is 1. The van der Waals surface area contributed by atoms with Crippen LogP contribution in [0.4, 0.5) is 10.9 Å². The first-order valence-corrected chi connectivity index (χ1v) is 8.50. The molecule has 1 N–H and O–H groups in total. The van der Waals surface area contributed by atoms with E-state index in [-0.39, 0.29) is 18.3 Å². The van der Waals surface area contributed by atoms with Crippen LogP contribution < -0.4 is 5.32 Å². The van der Waals surface area contributed by atoms with Gasteiger partial charge >= 0.3 is 11.8 Å².